The first kappa shape index (κ1) is 13.4. The molecule has 2 unspecified atom stereocenters. The van der Waals surface area contributed by atoms with Crippen molar-refractivity contribution >= 4 is 5.91 Å². The summed E-state index contributed by atoms with van der Waals surface area (Å²) in [6, 6.07) is 0.536. The van der Waals surface area contributed by atoms with Gasteiger partial charge >= 0.3 is 0 Å². The number of carbonyl (C=O) groups is 1. The van der Waals surface area contributed by atoms with Crippen molar-refractivity contribution in [3.63, 3.8) is 0 Å². The third-order valence-electron chi connectivity index (χ3n) is 5.83. The largest absolute Gasteiger partial charge is 0.339 e. The normalized spacial score (nSPS) is 42.4. The predicted octanol–water partition coefficient (Wildman–Crippen LogP) is 2.54. The summed E-state index contributed by atoms with van der Waals surface area (Å²) in [5, 5.41) is 0. The average Bonchev–Trinajstić information content (AvgIpc) is 2.42. The Bertz CT molecular complexity index is 347. The first-order chi connectivity index (χ1) is 9.16. The van der Waals surface area contributed by atoms with E-state index in [0.717, 1.165) is 25.3 Å². The van der Waals surface area contributed by atoms with Crippen molar-refractivity contribution in [3.8, 4) is 0 Å². The van der Waals surface area contributed by atoms with Gasteiger partial charge < -0.3 is 10.6 Å². The Morgan fingerprint density at radius 2 is 1.89 bits per heavy atom. The molecule has 2 atom stereocenters. The van der Waals surface area contributed by atoms with Crippen molar-refractivity contribution in [2.24, 2.45) is 23.0 Å². The van der Waals surface area contributed by atoms with Gasteiger partial charge in [0.1, 0.15) is 0 Å². The van der Waals surface area contributed by atoms with E-state index in [1.54, 1.807) is 0 Å². The molecule has 1 aliphatic heterocycles. The van der Waals surface area contributed by atoms with Crippen molar-refractivity contribution in [3.05, 3.63) is 0 Å². The highest BCUT2D eigenvalue weighted by molar-refractivity contribution is 5.84. The summed E-state index contributed by atoms with van der Waals surface area (Å²) in [6.45, 7) is 3.76. The van der Waals surface area contributed by atoms with Gasteiger partial charge in [-0.25, -0.2) is 0 Å². The molecule has 19 heavy (non-hydrogen) atoms. The zero-order chi connectivity index (χ0) is 13.5. The van der Waals surface area contributed by atoms with E-state index in [2.05, 4.69) is 11.8 Å². The molecule has 0 bridgehead atoms. The minimum atomic E-state index is -0.196. The van der Waals surface area contributed by atoms with Crippen LogP contribution in [0.1, 0.15) is 58.3 Å². The number of nitrogens with zero attached hydrogens (tertiary/aromatic N) is 1. The highest BCUT2D eigenvalue weighted by atomic mass is 16.2. The molecule has 0 aromatic heterocycles. The maximum atomic E-state index is 13.0. The van der Waals surface area contributed by atoms with Gasteiger partial charge in [0, 0.05) is 19.1 Å². The number of likely N-dealkylation sites (tertiary alicyclic amines) is 1. The minimum Gasteiger partial charge on any atom is -0.339 e. The highest BCUT2D eigenvalue weighted by Gasteiger charge is 2.51. The zero-order valence-electron chi connectivity index (χ0n) is 12.2. The number of nitrogens with two attached hydrogens (primary N) is 1. The topological polar surface area (TPSA) is 46.3 Å². The second kappa shape index (κ2) is 5.08. The van der Waals surface area contributed by atoms with Gasteiger partial charge in [-0.2, -0.15) is 0 Å². The van der Waals surface area contributed by atoms with Crippen LogP contribution in [0.4, 0.5) is 0 Å². The molecule has 1 saturated heterocycles. The van der Waals surface area contributed by atoms with Crippen LogP contribution in [-0.2, 0) is 4.79 Å². The van der Waals surface area contributed by atoms with E-state index in [4.69, 9.17) is 5.73 Å². The summed E-state index contributed by atoms with van der Waals surface area (Å²) in [7, 11) is 0. The fourth-order valence-corrected chi connectivity index (χ4v) is 4.88. The average molecular weight is 264 g/mol. The number of hydrogen-bond acceptors (Lipinski definition) is 2. The SMILES string of the molecule is CC1CC(CN)(C(=O)N2CCCC3CCCCC32)C1. The molecule has 3 nitrogen and oxygen atoms in total. The maximum absolute atomic E-state index is 13.0. The van der Waals surface area contributed by atoms with Crippen LogP contribution in [0, 0.1) is 17.3 Å². The Hall–Kier alpha value is -0.570. The Morgan fingerprint density at radius 1 is 1.21 bits per heavy atom. The monoisotopic (exact) mass is 264 g/mol. The second-order valence-electron chi connectivity index (χ2n) is 7.25. The van der Waals surface area contributed by atoms with Crippen molar-refractivity contribution < 1.29 is 4.79 Å². The minimum absolute atomic E-state index is 0.196. The number of piperidine rings is 1. The molecule has 3 aliphatic rings. The molecule has 2 N–H and O–H groups in total. The molecule has 0 spiro atoms. The lowest BCUT2D eigenvalue weighted by atomic mass is 9.61. The van der Waals surface area contributed by atoms with Crippen LogP contribution in [0.5, 0.6) is 0 Å². The van der Waals surface area contributed by atoms with Gasteiger partial charge in [0.15, 0.2) is 0 Å². The molecular weight excluding hydrogens is 236 g/mol. The lowest BCUT2D eigenvalue weighted by molar-refractivity contribution is -0.156. The Morgan fingerprint density at radius 3 is 2.58 bits per heavy atom. The number of carbonyl (C=O) groups excluding carboxylic acids is 1. The number of fused-ring (bicyclic) bond motifs is 1. The number of amides is 1. The third kappa shape index (κ3) is 2.20. The maximum Gasteiger partial charge on any atom is 0.230 e. The van der Waals surface area contributed by atoms with E-state index >= 15 is 0 Å². The Balaban J connectivity index is 1.74. The third-order valence-corrected chi connectivity index (χ3v) is 5.83. The molecule has 0 aromatic rings. The zero-order valence-corrected chi connectivity index (χ0v) is 12.2. The Kier molecular flexibility index (Phi) is 3.59. The van der Waals surface area contributed by atoms with E-state index in [9.17, 15) is 4.79 Å². The van der Waals surface area contributed by atoms with Gasteiger partial charge in [-0.1, -0.05) is 19.8 Å². The quantitative estimate of drug-likeness (QED) is 0.833. The van der Waals surface area contributed by atoms with E-state index in [0.29, 0.717) is 24.4 Å². The molecule has 3 fully saturated rings. The highest BCUT2D eigenvalue weighted by Crippen LogP contribution is 2.47. The predicted molar refractivity (Wildman–Crippen MR) is 76.6 cm³/mol. The van der Waals surface area contributed by atoms with Gasteiger partial charge in [0.25, 0.3) is 0 Å². The lowest BCUT2D eigenvalue weighted by Crippen LogP contribution is -2.59. The molecule has 1 amide bonds. The summed E-state index contributed by atoms with van der Waals surface area (Å²) in [4.78, 5) is 15.2. The molecular formula is C16H28N2O. The van der Waals surface area contributed by atoms with Crippen LogP contribution < -0.4 is 5.73 Å². The van der Waals surface area contributed by atoms with Crippen molar-refractivity contribution in [1.82, 2.24) is 4.90 Å². The molecule has 0 radical (unpaired) electrons. The Labute approximate surface area is 116 Å². The summed E-state index contributed by atoms with van der Waals surface area (Å²) in [6.07, 6.45) is 9.78. The first-order valence-corrected chi connectivity index (χ1v) is 8.17. The van der Waals surface area contributed by atoms with Crippen molar-refractivity contribution in [2.45, 2.75) is 64.3 Å². The van der Waals surface area contributed by atoms with Crippen LogP contribution in [-0.4, -0.2) is 29.9 Å². The van der Waals surface area contributed by atoms with Crippen molar-refractivity contribution in [1.29, 1.82) is 0 Å². The van der Waals surface area contributed by atoms with Crippen molar-refractivity contribution in [2.75, 3.05) is 13.1 Å². The second-order valence-corrected chi connectivity index (χ2v) is 7.25. The van der Waals surface area contributed by atoms with Crippen LogP contribution in [0.15, 0.2) is 0 Å². The van der Waals surface area contributed by atoms with Crippen LogP contribution in [0.3, 0.4) is 0 Å². The fraction of sp³-hybridized carbons (Fsp3) is 0.938. The van der Waals surface area contributed by atoms with E-state index in [1.807, 2.05) is 0 Å². The summed E-state index contributed by atoms with van der Waals surface area (Å²) < 4.78 is 0. The van der Waals surface area contributed by atoms with Crippen LogP contribution in [0.25, 0.3) is 0 Å². The lowest BCUT2D eigenvalue weighted by Gasteiger charge is -2.52. The van der Waals surface area contributed by atoms with Gasteiger partial charge in [-0.3, -0.25) is 4.79 Å². The van der Waals surface area contributed by atoms with E-state index in [-0.39, 0.29) is 5.41 Å². The molecule has 0 aromatic carbocycles. The number of rotatable bonds is 2. The van der Waals surface area contributed by atoms with Gasteiger partial charge in [0.2, 0.25) is 5.91 Å². The summed E-state index contributed by atoms with van der Waals surface area (Å²) in [5.74, 6) is 1.85. The summed E-state index contributed by atoms with van der Waals surface area (Å²) in [5.41, 5.74) is 5.76. The van der Waals surface area contributed by atoms with E-state index in [1.165, 1.54) is 38.5 Å². The summed E-state index contributed by atoms with van der Waals surface area (Å²) >= 11 is 0. The smallest absolute Gasteiger partial charge is 0.230 e. The molecule has 2 aliphatic carbocycles. The molecule has 3 rings (SSSR count). The van der Waals surface area contributed by atoms with Gasteiger partial charge in [-0.05, 0) is 50.4 Å². The van der Waals surface area contributed by atoms with Crippen LogP contribution >= 0.6 is 0 Å². The van der Waals surface area contributed by atoms with Crippen LogP contribution in [0.2, 0.25) is 0 Å². The molecule has 3 heteroatoms. The van der Waals surface area contributed by atoms with E-state index < -0.39 is 0 Å². The number of hydrogen-bond donors (Lipinski definition) is 1. The molecule has 2 saturated carbocycles. The first-order valence-electron chi connectivity index (χ1n) is 8.17. The van der Waals surface area contributed by atoms with Gasteiger partial charge in [0.05, 0.1) is 5.41 Å². The molecule has 108 valence electrons. The standard InChI is InChI=1S/C16H28N2O/c1-12-9-16(10-12,11-17)15(19)18-8-4-6-13-5-2-3-7-14(13)18/h12-14H,2-11,17H2,1H3. The fourth-order valence-electron chi connectivity index (χ4n) is 4.88. The molecule has 1 heterocycles. The van der Waals surface area contributed by atoms with Gasteiger partial charge in [-0.15, -0.1) is 0 Å².